The highest BCUT2D eigenvalue weighted by atomic mass is 17.3. The van der Waals surface area contributed by atoms with Gasteiger partial charge in [0.2, 0.25) is 0 Å². The molecule has 0 aromatic rings. The first-order valence-corrected chi connectivity index (χ1v) is 4.50. The molecule has 12 heavy (non-hydrogen) atoms. The maximum atomic E-state index is 5.48. The van der Waals surface area contributed by atoms with Gasteiger partial charge >= 0.3 is 0 Å². The summed E-state index contributed by atoms with van der Waals surface area (Å²) in [5.74, 6) is 0. The molecule has 2 atom stereocenters. The zero-order valence-electron chi connectivity index (χ0n) is 7.03. The smallest absolute Gasteiger partial charge is 0.194 e. The Bertz CT molecular complexity index is 125. The fourth-order valence-electron chi connectivity index (χ4n) is 1.50. The monoisotopic (exact) mass is 174 g/mol. The molecule has 2 rings (SSSR count). The Morgan fingerprint density at radius 2 is 1.75 bits per heavy atom. The molecule has 2 saturated heterocycles. The first kappa shape index (κ1) is 8.44. The minimum Gasteiger partial charge on any atom is -0.323 e. The summed E-state index contributed by atoms with van der Waals surface area (Å²) >= 11 is 0. The zero-order chi connectivity index (χ0) is 8.23. The van der Waals surface area contributed by atoms with E-state index in [4.69, 9.17) is 19.2 Å². The van der Waals surface area contributed by atoms with Crippen LogP contribution < -0.4 is 0 Å². The topological polar surface area (TPSA) is 36.9 Å². The van der Waals surface area contributed by atoms with Gasteiger partial charge in [-0.1, -0.05) is 6.42 Å². The number of hydrogen-bond donors (Lipinski definition) is 0. The van der Waals surface area contributed by atoms with E-state index in [1.807, 2.05) is 0 Å². The average molecular weight is 174 g/mol. The van der Waals surface area contributed by atoms with Crippen LogP contribution in [0.4, 0.5) is 0 Å². The lowest BCUT2D eigenvalue weighted by molar-refractivity contribution is -0.372. The third-order valence-corrected chi connectivity index (χ3v) is 2.16. The molecule has 2 bridgehead atoms. The van der Waals surface area contributed by atoms with Gasteiger partial charge in [-0.3, -0.25) is 0 Å². The summed E-state index contributed by atoms with van der Waals surface area (Å²) in [5.41, 5.74) is 0. The van der Waals surface area contributed by atoms with E-state index in [2.05, 4.69) is 0 Å². The lowest BCUT2D eigenvalue weighted by atomic mass is 10.1. The van der Waals surface area contributed by atoms with Gasteiger partial charge in [0.15, 0.2) is 19.4 Å². The summed E-state index contributed by atoms with van der Waals surface area (Å²) < 4.78 is 10.7. The van der Waals surface area contributed by atoms with Crippen molar-refractivity contribution in [3.05, 3.63) is 0 Å². The molecule has 0 saturated carbocycles. The van der Waals surface area contributed by atoms with Crippen molar-refractivity contribution < 1.29 is 19.2 Å². The fourth-order valence-corrected chi connectivity index (χ4v) is 1.50. The van der Waals surface area contributed by atoms with Crippen LogP contribution in [0.15, 0.2) is 0 Å². The number of fused-ring (bicyclic) bond motifs is 2. The molecule has 4 nitrogen and oxygen atoms in total. The summed E-state index contributed by atoms with van der Waals surface area (Å²) in [7, 11) is 0. The van der Waals surface area contributed by atoms with Gasteiger partial charge in [-0.2, -0.15) is 0 Å². The predicted octanol–water partition coefficient (Wildman–Crippen LogP) is 1.56. The first-order chi connectivity index (χ1) is 5.95. The van der Waals surface area contributed by atoms with E-state index >= 15 is 0 Å². The Morgan fingerprint density at radius 3 is 2.67 bits per heavy atom. The number of hydrogen-bond acceptors (Lipinski definition) is 4. The van der Waals surface area contributed by atoms with E-state index in [1.54, 1.807) is 0 Å². The normalized spacial score (nSPS) is 38.0. The van der Waals surface area contributed by atoms with Crippen LogP contribution >= 0.6 is 0 Å². The Hall–Kier alpha value is -0.160. The Morgan fingerprint density at radius 1 is 0.917 bits per heavy atom. The highest BCUT2D eigenvalue weighted by Gasteiger charge is 2.23. The van der Waals surface area contributed by atoms with Crippen molar-refractivity contribution in [1.29, 1.82) is 0 Å². The van der Waals surface area contributed by atoms with Crippen LogP contribution in [0.5, 0.6) is 0 Å². The molecule has 4 heteroatoms. The molecule has 70 valence electrons. The van der Waals surface area contributed by atoms with Crippen LogP contribution in [0.1, 0.15) is 32.1 Å². The van der Waals surface area contributed by atoms with Crippen molar-refractivity contribution in [3.63, 3.8) is 0 Å². The summed E-state index contributed by atoms with van der Waals surface area (Å²) in [6.45, 7) is 0.182. The SMILES string of the molecule is C1CC[C@@H]2OOCO[C@H](CC1)O2. The maximum absolute atomic E-state index is 5.48. The molecule has 0 unspecified atom stereocenters. The van der Waals surface area contributed by atoms with Crippen molar-refractivity contribution in [1.82, 2.24) is 0 Å². The van der Waals surface area contributed by atoms with Crippen LogP contribution in [-0.2, 0) is 19.2 Å². The Balaban J connectivity index is 1.92. The molecule has 2 heterocycles. The van der Waals surface area contributed by atoms with Crippen LogP contribution in [0.2, 0.25) is 0 Å². The molecule has 2 aliphatic heterocycles. The van der Waals surface area contributed by atoms with E-state index in [-0.39, 0.29) is 19.4 Å². The van der Waals surface area contributed by atoms with E-state index in [0.29, 0.717) is 0 Å². The zero-order valence-corrected chi connectivity index (χ0v) is 7.03. The van der Waals surface area contributed by atoms with Gasteiger partial charge in [-0.05, 0) is 19.3 Å². The van der Waals surface area contributed by atoms with Crippen LogP contribution in [0, 0.1) is 0 Å². The summed E-state index contributed by atoms with van der Waals surface area (Å²) in [4.78, 5) is 9.73. The largest absolute Gasteiger partial charge is 0.323 e. The lowest BCUT2D eigenvalue weighted by Crippen LogP contribution is -2.24. The van der Waals surface area contributed by atoms with Gasteiger partial charge in [0.1, 0.15) is 0 Å². The predicted molar refractivity (Wildman–Crippen MR) is 39.9 cm³/mol. The quantitative estimate of drug-likeness (QED) is 0.522. The maximum Gasteiger partial charge on any atom is 0.194 e. The van der Waals surface area contributed by atoms with Crippen molar-refractivity contribution in [2.75, 3.05) is 6.79 Å². The Labute approximate surface area is 71.7 Å². The second-order valence-corrected chi connectivity index (χ2v) is 3.13. The highest BCUT2D eigenvalue weighted by Crippen LogP contribution is 2.21. The third-order valence-electron chi connectivity index (χ3n) is 2.16. The number of ether oxygens (including phenoxy) is 2. The fraction of sp³-hybridized carbons (Fsp3) is 1.00. The van der Waals surface area contributed by atoms with Crippen LogP contribution in [0.3, 0.4) is 0 Å². The molecule has 2 fully saturated rings. The molecular weight excluding hydrogens is 160 g/mol. The molecule has 0 spiro atoms. The summed E-state index contributed by atoms with van der Waals surface area (Å²) in [6, 6.07) is 0. The summed E-state index contributed by atoms with van der Waals surface area (Å²) in [5, 5.41) is 0. The molecule has 0 aromatic heterocycles. The van der Waals surface area contributed by atoms with Crippen molar-refractivity contribution in [3.8, 4) is 0 Å². The van der Waals surface area contributed by atoms with E-state index in [9.17, 15) is 0 Å². The summed E-state index contributed by atoms with van der Waals surface area (Å²) in [6.07, 6.45) is 5.03. The average Bonchev–Trinajstić information content (AvgIpc) is 2.25. The van der Waals surface area contributed by atoms with Gasteiger partial charge in [-0.25, -0.2) is 9.78 Å². The van der Waals surface area contributed by atoms with Gasteiger partial charge in [-0.15, -0.1) is 0 Å². The Kier molecular flexibility index (Phi) is 2.94. The minimum absolute atomic E-state index is 0.127. The molecule has 0 N–H and O–H groups in total. The molecule has 0 radical (unpaired) electrons. The lowest BCUT2D eigenvalue weighted by Gasteiger charge is -2.21. The highest BCUT2D eigenvalue weighted by molar-refractivity contribution is 4.56. The van der Waals surface area contributed by atoms with Crippen LogP contribution in [0.25, 0.3) is 0 Å². The molecule has 0 aromatic carbocycles. The van der Waals surface area contributed by atoms with Crippen molar-refractivity contribution >= 4 is 0 Å². The second-order valence-electron chi connectivity index (χ2n) is 3.13. The van der Waals surface area contributed by atoms with Gasteiger partial charge < -0.3 is 9.47 Å². The second kappa shape index (κ2) is 4.18. The van der Waals surface area contributed by atoms with E-state index in [1.165, 1.54) is 6.42 Å². The van der Waals surface area contributed by atoms with Crippen molar-refractivity contribution in [2.45, 2.75) is 44.7 Å². The molecule has 0 amide bonds. The number of rotatable bonds is 0. The minimum atomic E-state index is -0.224. The van der Waals surface area contributed by atoms with Gasteiger partial charge in [0.25, 0.3) is 0 Å². The van der Waals surface area contributed by atoms with E-state index < -0.39 is 0 Å². The van der Waals surface area contributed by atoms with Crippen molar-refractivity contribution in [2.24, 2.45) is 0 Å². The molecular formula is C8H14O4. The van der Waals surface area contributed by atoms with Gasteiger partial charge in [0.05, 0.1) is 0 Å². The molecule has 0 aliphatic carbocycles. The molecule has 2 aliphatic rings. The first-order valence-electron chi connectivity index (χ1n) is 4.50. The third kappa shape index (κ3) is 2.17. The standard InChI is InChI=1S/C8H14O4/c1-2-4-7-9-6-10-12-8(11-7)5-3-1/h7-8H,1-6H2/t7-,8-/m0/s1. The van der Waals surface area contributed by atoms with E-state index in [0.717, 1.165) is 25.7 Å². The van der Waals surface area contributed by atoms with Gasteiger partial charge in [0, 0.05) is 6.42 Å². The van der Waals surface area contributed by atoms with Crippen LogP contribution in [-0.4, -0.2) is 19.4 Å².